The molecule has 1 aliphatic carbocycles. The molecule has 0 aliphatic heterocycles. The molecule has 0 unspecified atom stereocenters. The quantitative estimate of drug-likeness (QED) is 0.210. The van der Waals surface area contributed by atoms with Crippen LogP contribution in [0.5, 0.6) is 0 Å². The van der Waals surface area contributed by atoms with Gasteiger partial charge in [0.15, 0.2) is 0 Å². The van der Waals surface area contributed by atoms with Crippen molar-refractivity contribution in [1.29, 1.82) is 0 Å². The van der Waals surface area contributed by atoms with E-state index in [9.17, 15) is 23.1 Å². The van der Waals surface area contributed by atoms with Crippen LogP contribution < -0.4 is 45.3 Å². The average Bonchev–Trinajstić information content (AvgIpc) is 3.32. The van der Waals surface area contributed by atoms with Gasteiger partial charge in [-0.25, -0.2) is 8.42 Å². The summed E-state index contributed by atoms with van der Waals surface area (Å²) in [6.07, 6.45) is 7.03. The molecule has 0 radical (unpaired) electrons. The first kappa shape index (κ1) is 34.0. The third-order valence-electron chi connectivity index (χ3n) is 6.89. The fourth-order valence-corrected chi connectivity index (χ4v) is 6.59. The van der Waals surface area contributed by atoms with Crippen LogP contribution in [0.2, 0.25) is 10.0 Å². The molecule has 0 aromatic heterocycles. The number of unbranched alkanes of at least 4 members (excludes halogenated alkanes) is 1. The number of hydrogen-bond acceptors (Lipinski definition) is 6. The molecule has 39 heavy (non-hydrogen) atoms. The molecule has 2 aromatic carbocycles. The van der Waals surface area contributed by atoms with E-state index in [2.05, 4.69) is 10.6 Å². The normalized spacial score (nSPS) is 15.2. The van der Waals surface area contributed by atoms with Gasteiger partial charge in [0, 0.05) is 23.1 Å². The molecule has 0 spiro atoms. The van der Waals surface area contributed by atoms with Crippen LogP contribution in [0.15, 0.2) is 42.5 Å². The van der Waals surface area contributed by atoms with Crippen molar-refractivity contribution in [1.82, 2.24) is 5.32 Å². The minimum Gasteiger partial charge on any atom is -0.548 e. The average molecular weight is 622 g/mol. The number of carboxylic acid groups (broad SMARTS) is 1. The van der Waals surface area contributed by atoms with Crippen LogP contribution in [0, 0.1) is 5.41 Å². The maximum atomic E-state index is 12.6. The molecule has 3 rings (SSSR count). The van der Waals surface area contributed by atoms with E-state index in [1.165, 1.54) is 6.26 Å². The van der Waals surface area contributed by atoms with Gasteiger partial charge in [-0.05, 0) is 61.9 Å². The van der Waals surface area contributed by atoms with Crippen molar-refractivity contribution in [2.75, 3.05) is 17.3 Å². The maximum Gasteiger partial charge on any atom is 1.00 e. The minimum absolute atomic E-state index is 0. The van der Waals surface area contributed by atoms with Crippen molar-refractivity contribution >= 4 is 67.8 Å². The zero-order chi connectivity index (χ0) is 27.9. The topological polar surface area (TPSA) is 115 Å². The van der Waals surface area contributed by atoms with Gasteiger partial charge >= 0.3 is 29.6 Å². The van der Waals surface area contributed by atoms with Gasteiger partial charge in [0.2, 0.25) is 0 Å². The second-order valence-corrected chi connectivity index (χ2v) is 13.4. The number of halogens is 2. The molecule has 12 heteroatoms. The molecule has 0 bridgehead atoms. The monoisotopic (exact) mass is 620 g/mol. The molecule has 0 saturated heterocycles. The van der Waals surface area contributed by atoms with E-state index in [-0.39, 0.29) is 62.8 Å². The fourth-order valence-electron chi connectivity index (χ4n) is 4.84. The summed E-state index contributed by atoms with van der Waals surface area (Å²) in [6, 6.07) is 10.6. The van der Waals surface area contributed by atoms with Gasteiger partial charge in [0.25, 0.3) is 5.91 Å². The Morgan fingerprint density at radius 2 is 1.64 bits per heavy atom. The van der Waals surface area contributed by atoms with Crippen molar-refractivity contribution < 1.29 is 52.7 Å². The Balaban J connectivity index is 0.00000533. The van der Waals surface area contributed by atoms with Crippen LogP contribution in [0.4, 0.5) is 5.69 Å². The van der Waals surface area contributed by atoms with Crippen LogP contribution in [-0.2, 0) is 21.1 Å². The summed E-state index contributed by atoms with van der Waals surface area (Å²) in [5, 5.41) is 18.2. The molecule has 1 saturated carbocycles. The van der Waals surface area contributed by atoms with Gasteiger partial charge in [0.1, 0.15) is 9.84 Å². The number of nitrogens with one attached hydrogen (secondary N) is 2. The van der Waals surface area contributed by atoms with Gasteiger partial charge in [0.05, 0.1) is 32.6 Å². The molecule has 1 amide bonds. The number of amides is 1. The van der Waals surface area contributed by atoms with Crippen LogP contribution in [0.3, 0.4) is 0 Å². The molecule has 1 fully saturated rings. The number of aliphatic carboxylic acids is 1. The van der Waals surface area contributed by atoms with E-state index in [0.717, 1.165) is 37.7 Å². The Kier molecular flexibility index (Phi) is 13.2. The number of benzene rings is 2. The molecule has 1 aliphatic rings. The number of hydrogen-bond donors (Lipinski definition) is 2. The number of carbonyl (C=O) groups is 2. The number of anilines is 1. The van der Waals surface area contributed by atoms with E-state index in [1.807, 2.05) is 0 Å². The smallest absolute Gasteiger partial charge is 0.548 e. The first-order chi connectivity index (χ1) is 17.9. The summed E-state index contributed by atoms with van der Waals surface area (Å²) in [6.45, 7) is 0. The molecular weight excluding hydrogens is 590 g/mol. The van der Waals surface area contributed by atoms with Gasteiger partial charge in [-0.2, -0.15) is 0 Å². The second kappa shape index (κ2) is 15.1. The summed E-state index contributed by atoms with van der Waals surface area (Å²) in [5.41, 5.74) is 1.07. The van der Waals surface area contributed by atoms with Gasteiger partial charge in [-0.15, -0.1) is 0 Å². The Morgan fingerprint density at radius 1 is 1.05 bits per heavy atom. The van der Waals surface area contributed by atoms with E-state index in [4.69, 9.17) is 35.4 Å². The van der Waals surface area contributed by atoms with Crippen molar-refractivity contribution in [2.45, 2.75) is 57.4 Å². The number of carboxylic acids is 1. The van der Waals surface area contributed by atoms with Gasteiger partial charge in [-0.3, -0.25) is 4.79 Å². The van der Waals surface area contributed by atoms with Gasteiger partial charge in [-0.1, -0.05) is 72.9 Å². The standard InChI is InChI=1S/C27H32Cl2N2O5S2.Na/c1-38(35,36)16-5-4-15-27(13-2-3-14-27)26(37)31-22(25(33)34)17-18-9-11-19(12-10-18)30-24(32)23-20(28)7-6-8-21(23)29;/h6-12,22H,2-5,13-17H2,1H3,(H,30,32)(H,31,37)(H,33,34);/q;+1/p-1/t22-;/m0./s1. The summed E-state index contributed by atoms with van der Waals surface area (Å²) in [5.74, 6) is -1.58. The van der Waals surface area contributed by atoms with Crippen LogP contribution in [-0.4, -0.2) is 43.3 Å². The summed E-state index contributed by atoms with van der Waals surface area (Å²) >= 11 is 17.9. The predicted molar refractivity (Wildman–Crippen MR) is 154 cm³/mol. The van der Waals surface area contributed by atoms with Crippen LogP contribution >= 0.6 is 35.4 Å². The van der Waals surface area contributed by atoms with Crippen molar-refractivity contribution in [3.8, 4) is 0 Å². The van der Waals surface area contributed by atoms with Crippen LogP contribution in [0.25, 0.3) is 0 Å². The zero-order valence-corrected chi connectivity index (χ0v) is 27.2. The summed E-state index contributed by atoms with van der Waals surface area (Å²) in [7, 11) is -3.02. The molecule has 0 heterocycles. The molecule has 2 aromatic rings. The Morgan fingerprint density at radius 3 is 2.18 bits per heavy atom. The van der Waals surface area contributed by atoms with E-state index in [0.29, 0.717) is 23.5 Å². The largest absolute Gasteiger partial charge is 1.00 e. The Hall–Kier alpha value is -1.20. The van der Waals surface area contributed by atoms with Crippen molar-refractivity contribution in [3.63, 3.8) is 0 Å². The Labute approximate surface area is 267 Å². The fraction of sp³-hybridized carbons (Fsp3) is 0.444. The van der Waals surface area contributed by atoms with Gasteiger partial charge < -0.3 is 20.5 Å². The second-order valence-electron chi connectivity index (χ2n) is 9.87. The number of rotatable bonds is 12. The molecule has 2 N–H and O–H groups in total. The molecular formula is C27H31Cl2N2NaO5S2. The van der Waals surface area contributed by atoms with Crippen molar-refractivity contribution in [3.05, 3.63) is 63.6 Å². The SMILES string of the molecule is CS(=O)(=O)CCCCC1(C(=S)N[C@@H](Cc2ccc(NC(=O)c3c(Cl)cccc3Cl)cc2)C(=O)[O-])CCCC1.[Na+]. The Bertz CT molecular complexity index is 1260. The molecule has 1 atom stereocenters. The third kappa shape index (κ3) is 9.99. The summed E-state index contributed by atoms with van der Waals surface area (Å²) < 4.78 is 22.9. The van der Waals surface area contributed by atoms with Crippen molar-refractivity contribution in [2.24, 2.45) is 5.41 Å². The van der Waals surface area contributed by atoms with E-state index < -0.39 is 27.8 Å². The number of carbonyl (C=O) groups excluding carboxylic acids is 2. The summed E-state index contributed by atoms with van der Waals surface area (Å²) in [4.78, 5) is 25.1. The van der Waals surface area contributed by atoms with E-state index >= 15 is 0 Å². The number of thiocarbonyl (C=S) groups is 1. The minimum atomic E-state index is -3.02. The van der Waals surface area contributed by atoms with E-state index in [1.54, 1.807) is 42.5 Å². The maximum absolute atomic E-state index is 12.6. The first-order valence-corrected chi connectivity index (χ1v) is 15.7. The number of sulfone groups is 1. The molecule has 7 nitrogen and oxygen atoms in total. The predicted octanol–water partition coefficient (Wildman–Crippen LogP) is 1.60. The zero-order valence-electron chi connectivity index (χ0n) is 22.1. The first-order valence-electron chi connectivity index (χ1n) is 12.4. The third-order valence-corrected chi connectivity index (χ3v) is 9.11. The van der Waals surface area contributed by atoms with Crippen LogP contribution in [0.1, 0.15) is 60.9 Å². The molecule has 206 valence electrons.